The van der Waals surface area contributed by atoms with Gasteiger partial charge < -0.3 is 24.6 Å². The molecule has 8 nitrogen and oxygen atoms in total. The van der Waals surface area contributed by atoms with E-state index in [-0.39, 0.29) is 11.8 Å². The van der Waals surface area contributed by atoms with Crippen LogP contribution in [0, 0.1) is 31.6 Å². The second kappa shape index (κ2) is 15.4. The highest BCUT2D eigenvalue weighted by atomic mass is 16.5. The van der Waals surface area contributed by atoms with Crippen LogP contribution in [-0.4, -0.2) is 53.1 Å². The highest BCUT2D eigenvalue weighted by Gasteiger charge is 2.27. The Balaban J connectivity index is 0.000000818. The highest BCUT2D eigenvalue weighted by molar-refractivity contribution is 6.08. The molecule has 0 radical (unpaired) electrons. The quantitative estimate of drug-likeness (QED) is 0.205. The number of likely N-dealkylation sites (tertiary alicyclic amines) is 1. The van der Waals surface area contributed by atoms with Crippen molar-refractivity contribution in [1.29, 1.82) is 0 Å². The molecule has 238 valence electrons. The molecule has 0 aliphatic carbocycles. The van der Waals surface area contributed by atoms with Crippen molar-refractivity contribution in [3.63, 3.8) is 0 Å². The molecule has 2 aliphatic rings. The number of benzene rings is 2. The standard InChI is InChI=1S/C32H43N5O2.C4H8O/c1-22(2)20-36-14-12-25(13-15-36)7-6-16-39-30-11-9-26(18-24(30)4)32(38)37-21-27-19-33-35(5)31(27)34-28-17-23(3)8-10-29(28)37;1-4(2)3-5/h8-11,17-19,22,25,34H,6-7,12-16,20-21H2,1-5H3;3-4H,1-2H3. The SMILES string of the molecule is CC(C)C=O.Cc1ccc2c(c1)Nc1c(cnn1C)CN2C(=O)c1ccc(OCCCC2CCN(CC(C)C)CC2)c(C)c1. The fraction of sp³-hybridized carbons (Fsp3) is 0.528. The molecular weight excluding hydrogens is 550 g/mol. The Labute approximate surface area is 263 Å². The van der Waals surface area contributed by atoms with Crippen LogP contribution >= 0.6 is 0 Å². The van der Waals surface area contributed by atoms with Crippen molar-refractivity contribution in [2.24, 2.45) is 24.8 Å². The molecule has 2 aliphatic heterocycles. The highest BCUT2D eigenvalue weighted by Crippen LogP contribution is 2.37. The third-order valence-corrected chi connectivity index (χ3v) is 8.32. The van der Waals surface area contributed by atoms with Crippen LogP contribution in [0.1, 0.15) is 80.4 Å². The molecule has 1 N–H and O–H groups in total. The van der Waals surface area contributed by atoms with Gasteiger partial charge in [-0.05, 0) is 106 Å². The molecule has 5 rings (SSSR count). The molecule has 3 heterocycles. The first kappa shape index (κ1) is 33.2. The summed E-state index contributed by atoms with van der Waals surface area (Å²) in [6, 6.07) is 12.0. The third-order valence-electron chi connectivity index (χ3n) is 8.32. The van der Waals surface area contributed by atoms with Gasteiger partial charge in [-0.15, -0.1) is 0 Å². The van der Waals surface area contributed by atoms with Crippen LogP contribution in [0.4, 0.5) is 17.2 Å². The average molecular weight is 602 g/mol. The minimum Gasteiger partial charge on any atom is -0.493 e. The maximum absolute atomic E-state index is 13.8. The Morgan fingerprint density at radius 1 is 1.09 bits per heavy atom. The number of nitrogens with zero attached hydrogens (tertiary/aromatic N) is 4. The van der Waals surface area contributed by atoms with E-state index in [4.69, 9.17) is 4.74 Å². The predicted molar refractivity (Wildman–Crippen MR) is 179 cm³/mol. The van der Waals surface area contributed by atoms with Crippen LogP contribution in [0.15, 0.2) is 42.6 Å². The zero-order valence-corrected chi connectivity index (χ0v) is 27.7. The fourth-order valence-electron chi connectivity index (χ4n) is 5.94. The van der Waals surface area contributed by atoms with Crippen molar-refractivity contribution >= 4 is 29.4 Å². The van der Waals surface area contributed by atoms with Gasteiger partial charge in [-0.3, -0.25) is 9.48 Å². The number of rotatable bonds is 9. The van der Waals surface area contributed by atoms with E-state index in [0.717, 1.165) is 64.2 Å². The number of hydrogen-bond donors (Lipinski definition) is 1. The third kappa shape index (κ3) is 8.72. The van der Waals surface area contributed by atoms with Gasteiger partial charge in [0.25, 0.3) is 5.91 Å². The summed E-state index contributed by atoms with van der Waals surface area (Å²) in [7, 11) is 1.91. The number of anilines is 3. The maximum atomic E-state index is 13.8. The van der Waals surface area contributed by atoms with Gasteiger partial charge in [0.05, 0.1) is 30.7 Å². The van der Waals surface area contributed by atoms with Crippen LogP contribution in [0.2, 0.25) is 0 Å². The lowest BCUT2D eigenvalue weighted by Crippen LogP contribution is -2.36. The number of hydrogen-bond acceptors (Lipinski definition) is 6. The molecule has 1 fully saturated rings. The van der Waals surface area contributed by atoms with Crippen molar-refractivity contribution in [1.82, 2.24) is 14.7 Å². The summed E-state index contributed by atoms with van der Waals surface area (Å²) in [6.07, 6.45) is 7.65. The largest absolute Gasteiger partial charge is 0.493 e. The topological polar surface area (TPSA) is 79.7 Å². The summed E-state index contributed by atoms with van der Waals surface area (Å²) in [5.41, 5.74) is 5.55. The first-order valence-corrected chi connectivity index (χ1v) is 16.2. The number of amides is 1. The van der Waals surface area contributed by atoms with E-state index in [1.54, 1.807) is 0 Å². The van der Waals surface area contributed by atoms with E-state index < -0.39 is 0 Å². The summed E-state index contributed by atoms with van der Waals surface area (Å²) >= 11 is 0. The Morgan fingerprint density at radius 3 is 2.48 bits per heavy atom. The number of aldehydes is 1. The van der Waals surface area contributed by atoms with Crippen LogP contribution in [0.3, 0.4) is 0 Å². The second-order valence-corrected chi connectivity index (χ2v) is 13.2. The summed E-state index contributed by atoms with van der Waals surface area (Å²) in [4.78, 5) is 27.8. The number of fused-ring (bicyclic) bond motifs is 2. The molecule has 1 amide bonds. The lowest BCUT2D eigenvalue weighted by atomic mass is 9.92. The Bertz CT molecular complexity index is 1400. The molecule has 2 aromatic carbocycles. The van der Waals surface area contributed by atoms with E-state index >= 15 is 0 Å². The van der Waals surface area contributed by atoms with Gasteiger partial charge in [-0.25, -0.2) is 0 Å². The van der Waals surface area contributed by atoms with Gasteiger partial charge in [0.15, 0.2) is 0 Å². The van der Waals surface area contributed by atoms with Gasteiger partial charge in [0.2, 0.25) is 0 Å². The Hall–Kier alpha value is -3.65. The Kier molecular flexibility index (Phi) is 11.6. The summed E-state index contributed by atoms with van der Waals surface area (Å²) in [5.74, 6) is 3.51. The van der Waals surface area contributed by atoms with Crippen LogP contribution in [-0.2, 0) is 18.4 Å². The minimum absolute atomic E-state index is 0.0305. The van der Waals surface area contributed by atoms with Crippen molar-refractivity contribution in [3.05, 3.63) is 64.8 Å². The zero-order chi connectivity index (χ0) is 31.8. The first-order valence-electron chi connectivity index (χ1n) is 16.2. The van der Waals surface area contributed by atoms with E-state index in [0.29, 0.717) is 18.7 Å². The van der Waals surface area contributed by atoms with E-state index in [9.17, 15) is 9.59 Å². The maximum Gasteiger partial charge on any atom is 0.258 e. The van der Waals surface area contributed by atoms with E-state index in [2.05, 4.69) is 42.2 Å². The lowest BCUT2D eigenvalue weighted by molar-refractivity contribution is -0.110. The van der Waals surface area contributed by atoms with Crippen LogP contribution in [0.25, 0.3) is 0 Å². The van der Waals surface area contributed by atoms with Crippen LogP contribution in [0.5, 0.6) is 5.75 Å². The van der Waals surface area contributed by atoms with Gasteiger partial charge >= 0.3 is 0 Å². The number of carbonyl (C=O) groups excluding carboxylic acids is 2. The molecule has 3 aromatic rings. The smallest absolute Gasteiger partial charge is 0.258 e. The van der Waals surface area contributed by atoms with Crippen molar-refractivity contribution < 1.29 is 14.3 Å². The minimum atomic E-state index is -0.0305. The zero-order valence-electron chi connectivity index (χ0n) is 27.7. The number of nitrogens with one attached hydrogen (secondary N) is 1. The number of aryl methyl sites for hydroxylation is 3. The van der Waals surface area contributed by atoms with Gasteiger partial charge in [0.1, 0.15) is 17.9 Å². The number of ether oxygens (including phenoxy) is 1. The molecule has 0 unspecified atom stereocenters. The molecule has 0 bridgehead atoms. The number of aromatic nitrogens is 2. The van der Waals surface area contributed by atoms with Crippen molar-refractivity contribution in [2.75, 3.05) is 36.5 Å². The molecule has 1 saturated heterocycles. The van der Waals surface area contributed by atoms with Gasteiger partial charge in [-0.2, -0.15) is 5.10 Å². The fourth-order valence-corrected chi connectivity index (χ4v) is 5.94. The molecular formula is C36H51N5O3. The predicted octanol–water partition coefficient (Wildman–Crippen LogP) is 7.31. The summed E-state index contributed by atoms with van der Waals surface area (Å²) in [5, 5.41) is 7.90. The number of carbonyl (C=O) groups is 2. The van der Waals surface area contributed by atoms with Gasteiger partial charge in [-0.1, -0.05) is 33.8 Å². The molecule has 8 heteroatoms. The molecule has 0 spiro atoms. The summed E-state index contributed by atoms with van der Waals surface area (Å²) < 4.78 is 7.99. The first-order chi connectivity index (χ1) is 21.0. The summed E-state index contributed by atoms with van der Waals surface area (Å²) in [6.45, 7) is 17.3. The van der Waals surface area contributed by atoms with Crippen LogP contribution < -0.4 is 15.0 Å². The van der Waals surface area contributed by atoms with E-state index in [1.165, 1.54) is 38.9 Å². The number of piperidine rings is 1. The monoisotopic (exact) mass is 601 g/mol. The molecule has 0 saturated carbocycles. The average Bonchev–Trinajstić information content (AvgIpc) is 3.24. The lowest BCUT2D eigenvalue weighted by Gasteiger charge is -2.33. The van der Waals surface area contributed by atoms with Gasteiger partial charge in [0, 0.05) is 30.6 Å². The Morgan fingerprint density at radius 2 is 1.82 bits per heavy atom. The van der Waals surface area contributed by atoms with E-state index in [1.807, 2.05) is 73.9 Å². The second-order valence-electron chi connectivity index (χ2n) is 13.2. The molecule has 0 atom stereocenters. The van der Waals surface area contributed by atoms with Crippen molar-refractivity contribution in [2.45, 2.75) is 73.8 Å². The van der Waals surface area contributed by atoms with Crippen molar-refractivity contribution in [3.8, 4) is 5.75 Å². The molecule has 1 aromatic heterocycles. The molecule has 44 heavy (non-hydrogen) atoms. The normalized spacial score (nSPS) is 15.2.